The highest BCUT2D eigenvalue weighted by Crippen LogP contribution is 2.26. The number of halogens is 1. The second-order valence-electron chi connectivity index (χ2n) is 6.20. The highest BCUT2D eigenvalue weighted by molar-refractivity contribution is 9.10. The third kappa shape index (κ3) is 3.22. The monoisotopic (exact) mass is 382 g/mol. The van der Waals surface area contributed by atoms with E-state index in [1.807, 2.05) is 12.1 Å². The number of benzene rings is 2. The lowest BCUT2D eigenvalue weighted by Crippen LogP contribution is -2.22. The zero-order chi connectivity index (χ0) is 16.4. The van der Waals surface area contributed by atoms with Crippen LogP contribution in [0.4, 0.5) is 11.5 Å². The van der Waals surface area contributed by atoms with Crippen LogP contribution < -0.4 is 10.2 Å². The van der Waals surface area contributed by atoms with E-state index >= 15 is 0 Å². The Bertz CT molecular complexity index is 837. The third-order valence-corrected chi connectivity index (χ3v) is 5.06. The number of para-hydroxylation sites is 1. The molecule has 0 aliphatic carbocycles. The van der Waals surface area contributed by atoms with Gasteiger partial charge in [0.15, 0.2) is 0 Å². The molecule has 1 aliphatic heterocycles. The highest BCUT2D eigenvalue weighted by atomic mass is 79.9. The van der Waals surface area contributed by atoms with Gasteiger partial charge in [-0.2, -0.15) is 0 Å². The maximum atomic E-state index is 4.43. The molecular weight excluding hydrogens is 364 g/mol. The molecule has 0 spiro atoms. The van der Waals surface area contributed by atoms with E-state index in [2.05, 4.69) is 72.5 Å². The smallest absolute Gasteiger partial charge is 0.137 e. The topological polar surface area (TPSA) is 41.1 Å². The molecule has 2 heterocycles. The van der Waals surface area contributed by atoms with Gasteiger partial charge in [0, 0.05) is 35.2 Å². The Labute approximate surface area is 150 Å². The van der Waals surface area contributed by atoms with Crippen molar-refractivity contribution in [2.75, 3.05) is 29.9 Å². The van der Waals surface area contributed by atoms with Crippen LogP contribution in [0.25, 0.3) is 10.9 Å². The van der Waals surface area contributed by atoms with Crippen LogP contribution in [0.2, 0.25) is 0 Å². The molecule has 1 saturated heterocycles. The molecule has 4 rings (SSSR count). The van der Waals surface area contributed by atoms with Crippen LogP contribution in [0.1, 0.15) is 6.42 Å². The number of aromatic nitrogens is 2. The molecule has 4 nitrogen and oxygen atoms in total. The first-order chi connectivity index (χ1) is 11.8. The van der Waals surface area contributed by atoms with Crippen molar-refractivity contribution in [3.63, 3.8) is 0 Å². The molecule has 5 heteroatoms. The Kier molecular flexibility index (Phi) is 4.34. The van der Waals surface area contributed by atoms with Crippen molar-refractivity contribution in [3.05, 3.63) is 59.3 Å². The van der Waals surface area contributed by atoms with Gasteiger partial charge in [-0.3, -0.25) is 0 Å². The standard InChI is InChI=1S/C19H19BrN4/c20-15-6-7-18-17(10-15)19(23-13-22-18)21-11-14-8-9-24(12-14)16-4-2-1-3-5-16/h1-7,10,13-14H,8-9,11-12H2,(H,21,22,23). The molecule has 24 heavy (non-hydrogen) atoms. The molecule has 1 fully saturated rings. The van der Waals surface area contributed by atoms with Gasteiger partial charge in [-0.15, -0.1) is 0 Å². The van der Waals surface area contributed by atoms with Crippen LogP contribution in [0.15, 0.2) is 59.3 Å². The van der Waals surface area contributed by atoms with Gasteiger partial charge in [0.25, 0.3) is 0 Å². The fourth-order valence-corrected chi connectivity index (χ4v) is 3.64. The highest BCUT2D eigenvalue weighted by Gasteiger charge is 2.22. The normalized spacial score (nSPS) is 17.4. The minimum atomic E-state index is 0.627. The van der Waals surface area contributed by atoms with Crippen molar-refractivity contribution in [1.82, 2.24) is 9.97 Å². The van der Waals surface area contributed by atoms with Crippen LogP contribution in [0, 0.1) is 5.92 Å². The summed E-state index contributed by atoms with van der Waals surface area (Å²) in [7, 11) is 0. The zero-order valence-corrected chi connectivity index (χ0v) is 14.9. The largest absolute Gasteiger partial charge is 0.371 e. The van der Waals surface area contributed by atoms with Gasteiger partial charge in [0.1, 0.15) is 12.1 Å². The summed E-state index contributed by atoms with van der Waals surface area (Å²) < 4.78 is 1.05. The van der Waals surface area contributed by atoms with E-state index in [1.165, 1.54) is 12.1 Å². The van der Waals surface area contributed by atoms with Crippen molar-refractivity contribution in [2.45, 2.75) is 6.42 Å². The van der Waals surface area contributed by atoms with E-state index in [0.29, 0.717) is 5.92 Å². The predicted molar refractivity (Wildman–Crippen MR) is 102 cm³/mol. The van der Waals surface area contributed by atoms with Crippen molar-refractivity contribution in [2.24, 2.45) is 5.92 Å². The Hall–Kier alpha value is -2.14. The summed E-state index contributed by atoms with van der Waals surface area (Å²) in [6.45, 7) is 3.14. The van der Waals surface area contributed by atoms with E-state index in [-0.39, 0.29) is 0 Å². The van der Waals surface area contributed by atoms with Crippen molar-refractivity contribution in [3.8, 4) is 0 Å². The van der Waals surface area contributed by atoms with Gasteiger partial charge in [0.2, 0.25) is 0 Å². The lowest BCUT2D eigenvalue weighted by Gasteiger charge is -2.19. The maximum absolute atomic E-state index is 4.43. The Balaban J connectivity index is 1.44. The molecule has 0 radical (unpaired) electrons. The molecule has 0 bridgehead atoms. The quantitative estimate of drug-likeness (QED) is 0.728. The van der Waals surface area contributed by atoms with E-state index < -0.39 is 0 Å². The van der Waals surface area contributed by atoms with Gasteiger partial charge in [-0.05, 0) is 42.7 Å². The number of nitrogens with one attached hydrogen (secondary N) is 1. The van der Waals surface area contributed by atoms with E-state index in [1.54, 1.807) is 6.33 Å². The van der Waals surface area contributed by atoms with Crippen LogP contribution in [-0.2, 0) is 0 Å². The average molecular weight is 383 g/mol. The molecule has 1 N–H and O–H groups in total. The average Bonchev–Trinajstić information content (AvgIpc) is 3.10. The second-order valence-corrected chi connectivity index (χ2v) is 7.12. The van der Waals surface area contributed by atoms with E-state index in [9.17, 15) is 0 Å². The van der Waals surface area contributed by atoms with E-state index in [0.717, 1.165) is 40.8 Å². The number of fused-ring (bicyclic) bond motifs is 1. The van der Waals surface area contributed by atoms with Gasteiger partial charge >= 0.3 is 0 Å². The number of anilines is 2. The van der Waals surface area contributed by atoms with Crippen LogP contribution in [0.3, 0.4) is 0 Å². The summed E-state index contributed by atoms with van der Waals surface area (Å²) in [4.78, 5) is 11.2. The third-order valence-electron chi connectivity index (χ3n) is 4.56. The summed E-state index contributed by atoms with van der Waals surface area (Å²) in [6.07, 6.45) is 2.83. The fraction of sp³-hybridized carbons (Fsp3) is 0.263. The Morgan fingerprint density at radius 2 is 2.00 bits per heavy atom. The molecule has 0 amide bonds. The Morgan fingerprint density at radius 3 is 2.88 bits per heavy atom. The summed E-state index contributed by atoms with van der Waals surface area (Å²) >= 11 is 3.53. The minimum Gasteiger partial charge on any atom is -0.371 e. The van der Waals surface area contributed by atoms with Crippen LogP contribution in [0.5, 0.6) is 0 Å². The van der Waals surface area contributed by atoms with Crippen molar-refractivity contribution < 1.29 is 0 Å². The number of hydrogen-bond acceptors (Lipinski definition) is 4. The van der Waals surface area contributed by atoms with Gasteiger partial charge in [0.05, 0.1) is 5.52 Å². The van der Waals surface area contributed by atoms with Crippen LogP contribution in [-0.4, -0.2) is 29.6 Å². The zero-order valence-electron chi connectivity index (χ0n) is 13.3. The number of rotatable bonds is 4. The second kappa shape index (κ2) is 6.77. The molecule has 3 aromatic rings. The molecule has 2 aromatic carbocycles. The summed E-state index contributed by atoms with van der Waals surface area (Å²) in [6, 6.07) is 16.7. The fourth-order valence-electron chi connectivity index (χ4n) is 3.28. The summed E-state index contributed by atoms with van der Waals surface area (Å²) in [5, 5.41) is 4.59. The molecule has 1 atom stereocenters. The molecule has 1 unspecified atom stereocenters. The van der Waals surface area contributed by atoms with E-state index in [4.69, 9.17) is 0 Å². The lowest BCUT2D eigenvalue weighted by molar-refractivity contribution is 0.621. The maximum Gasteiger partial charge on any atom is 0.137 e. The van der Waals surface area contributed by atoms with Crippen molar-refractivity contribution in [1.29, 1.82) is 0 Å². The summed E-state index contributed by atoms with van der Waals surface area (Å²) in [5.41, 5.74) is 2.28. The first kappa shape index (κ1) is 15.4. The molecule has 122 valence electrons. The van der Waals surface area contributed by atoms with Gasteiger partial charge < -0.3 is 10.2 Å². The molecule has 1 aromatic heterocycles. The van der Waals surface area contributed by atoms with Crippen molar-refractivity contribution >= 4 is 38.3 Å². The molecule has 1 aliphatic rings. The minimum absolute atomic E-state index is 0.627. The SMILES string of the molecule is Brc1ccc2ncnc(NCC3CCN(c4ccccc4)C3)c2c1. The summed E-state index contributed by atoms with van der Waals surface area (Å²) in [5.74, 6) is 1.54. The van der Waals surface area contributed by atoms with Crippen LogP contribution >= 0.6 is 15.9 Å². The predicted octanol–water partition coefficient (Wildman–Crippen LogP) is 4.33. The molecular formula is C19H19BrN4. The first-order valence-corrected chi connectivity index (χ1v) is 9.03. The van der Waals surface area contributed by atoms with Gasteiger partial charge in [-0.1, -0.05) is 34.1 Å². The lowest BCUT2D eigenvalue weighted by atomic mass is 10.1. The van der Waals surface area contributed by atoms with Gasteiger partial charge in [-0.25, -0.2) is 9.97 Å². The first-order valence-electron chi connectivity index (χ1n) is 8.24. The molecule has 0 saturated carbocycles. The number of nitrogens with zero attached hydrogens (tertiary/aromatic N) is 3. The number of hydrogen-bond donors (Lipinski definition) is 1. The Morgan fingerprint density at radius 1 is 1.12 bits per heavy atom.